The Hall–Kier alpha value is -1.46. The second-order valence-corrected chi connectivity index (χ2v) is 4.63. The molecule has 1 aromatic heterocycles. The number of hydrogen-bond donors (Lipinski definition) is 1. The van der Waals surface area contributed by atoms with E-state index in [4.69, 9.17) is 9.84 Å². The van der Waals surface area contributed by atoms with Crippen molar-refractivity contribution in [2.75, 3.05) is 19.8 Å². The van der Waals surface area contributed by atoms with Crippen LogP contribution in [0, 0.1) is 6.92 Å². The quantitative estimate of drug-likeness (QED) is 0.835. The molecule has 2 heterocycles. The Morgan fingerprint density at radius 3 is 3.11 bits per heavy atom. The van der Waals surface area contributed by atoms with Crippen LogP contribution in [0.5, 0.6) is 0 Å². The van der Waals surface area contributed by atoms with Gasteiger partial charge in [-0.15, -0.1) is 0 Å². The van der Waals surface area contributed by atoms with Crippen LogP contribution in [-0.4, -0.2) is 52.8 Å². The summed E-state index contributed by atoms with van der Waals surface area (Å²) in [6, 6.07) is 3.51. The molecular formula is C13H18N2O3. The number of carbonyl (C=O) groups is 1. The van der Waals surface area contributed by atoms with Crippen LogP contribution in [0.25, 0.3) is 0 Å². The highest BCUT2D eigenvalue weighted by molar-refractivity contribution is 5.94. The molecule has 1 fully saturated rings. The van der Waals surface area contributed by atoms with Crippen molar-refractivity contribution in [2.45, 2.75) is 26.0 Å². The molecule has 1 aliphatic heterocycles. The van der Waals surface area contributed by atoms with Gasteiger partial charge in [-0.2, -0.15) is 0 Å². The lowest BCUT2D eigenvalue weighted by Crippen LogP contribution is -2.52. The normalized spacial score (nSPS) is 24.1. The van der Waals surface area contributed by atoms with E-state index in [-0.39, 0.29) is 24.7 Å². The number of ether oxygens (including phenoxy) is 1. The minimum Gasteiger partial charge on any atom is -0.394 e. The largest absolute Gasteiger partial charge is 0.394 e. The van der Waals surface area contributed by atoms with Crippen molar-refractivity contribution in [1.82, 2.24) is 9.88 Å². The Kier molecular flexibility index (Phi) is 3.93. The average molecular weight is 250 g/mol. The number of amides is 1. The molecule has 1 aromatic rings. The number of morpholine rings is 1. The fourth-order valence-corrected chi connectivity index (χ4v) is 2.06. The third-order valence-electron chi connectivity index (χ3n) is 3.11. The number of hydrogen-bond acceptors (Lipinski definition) is 4. The summed E-state index contributed by atoms with van der Waals surface area (Å²) in [6.07, 6.45) is 1.35. The summed E-state index contributed by atoms with van der Waals surface area (Å²) in [7, 11) is 0. The number of rotatable bonds is 2. The minimum atomic E-state index is -0.284. The van der Waals surface area contributed by atoms with Crippen LogP contribution in [-0.2, 0) is 4.74 Å². The zero-order valence-electron chi connectivity index (χ0n) is 10.7. The van der Waals surface area contributed by atoms with Gasteiger partial charge in [-0.05, 0) is 26.0 Å². The van der Waals surface area contributed by atoms with E-state index < -0.39 is 0 Å². The molecule has 5 nitrogen and oxygen atoms in total. The molecule has 98 valence electrons. The standard InChI is InChI=1S/C13H18N2O3/c1-9-5-11(3-4-14-9)13(17)15-6-12(7-16)18-8-10(15)2/h3-5,10,12,16H,6-8H2,1-2H3. The molecule has 2 atom stereocenters. The molecule has 0 radical (unpaired) electrons. The van der Waals surface area contributed by atoms with Crippen LogP contribution >= 0.6 is 0 Å². The van der Waals surface area contributed by atoms with Gasteiger partial charge in [0, 0.05) is 24.0 Å². The lowest BCUT2D eigenvalue weighted by atomic mass is 10.1. The molecule has 0 bridgehead atoms. The molecule has 18 heavy (non-hydrogen) atoms. The SMILES string of the molecule is Cc1cc(C(=O)N2CC(CO)OCC2C)ccn1. The first-order valence-corrected chi connectivity index (χ1v) is 6.08. The maximum Gasteiger partial charge on any atom is 0.254 e. The summed E-state index contributed by atoms with van der Waals surface area (Å²) >= 11 is 0. The number of aromatic nitrogens is 1. The van der Waals surface area contributed by atoms with E-state index in [1.165, 1.54) is 0 Å². The number of aryl methyl sites for hydroxylation is 1. The summed E-state index contributed by atoms with van der Waals surface area (Å²) in [4.78, 5) is 18.2. The van der Waals surface area contributed by atoms with Crippen LogP contribution in [0.1, 0.15) is 23.0 Å². The summed E-state index contributed by atoms with van der Waals surface area (Å²) in [5, 5.41) is 9.12. The molecule has 0 aliphatic carbocycles. The van der Waals surface area contributed by atoms with Gasteiger partial charge in [0.05, 0.1) is 25.4 Å². The predicted octanol–water partition coefficient (Wildman–Crippen LogP) is 0.612. The first kappa shape index (κ1) is 13.0. The van der Waals surface area contributed by atoms with Crippen molar-refractivity contribution < 1.29 is 14.6 Å². The summed E-state index contributed by atoms with van der Waals surface area (Å²) in [5.41, 5.74) is 1.45. The zero-order valence-corrected chi connectivity index (χ0v) is 10.7. The highest BCUT2D eigenvalue weighted by Gasteiger charge is 2.29. The van der Waals surface area contributed by atoms with E-state index in [1.54, 1.807) is 23.2 Å². The van der Waals surface area contributed by atoms with Gasteiger partial charge in [-0.25, -0.2) is 0 Å². The average Bonchev–Trinajstić information content (AvgIpc) is 2.38. The topological polar surface area (TPSA) is 62.7 Å². The van der Waals surface area contributed by atoms with Crippen molar-refractivity contribution >= 4 is 5.91 Å². The van der Waals surface area contributed by atoms with Crippen molar-refractivity contribution in [3.8, 4) is 0 Å². The third-order valence-corrected chi connectivity index (χ3v) is 3.11. The van der Waals surface area contributed by atoms with E-state index in [0.717, 1.165) is 5.69 Å². The van der Waals surface area contributed by atoms with Gasteiger partial charge in [0.25, 0.3) is 5.91 Å². The highest BCUT2D eigenvalue weighted by atomic mass is 16.5. The molecule has 2 rings (SSSR count). The zero-order chi connectivity index (χ0) is 13.1. The first-order chi connectivity index (χ1) is 8.61. The van der Waals surface area contributed by atoms with Crippen LogP contribution < -0.4 is 0 Å². The summed E-state index contributed by atoms with van der Waals surface area (Å²) in [6.45, 7) is 4.63. The Balaban J connectivity index is 2.16. The van der Waals surface area contributed by atoms with E-state index in [0.29, 0.717) is 18.7 Å². The van der Waals surface area contributed by atoms with Crippen molar-refractivity contribution in [1.29, 1.82) is 0 Å². The molecule has 1 saturated heterocycles. The molecule has 0 saturated carbocycles. The summed E-state index contributed by atoms with van der Waals surface area (Å²) < 4.78 is 5.42. The Labute approximate surface area is 106 Å². The molecule has 1 N–H and O–H groups in total. The monoisotopic (exact) mass is 250 g/mol. The van der Waals surface area contributed by atoms with Crippen molar-refractivity contribution in [3.63, 3.8) is 0 Å². The number of carbonyl (C=O) groups excluding carboxylic acids is 1. The second kappa shape index (κ2) is 5.46. The maximum absolute atomic E-state index is 12.4. The number of nitrogens with zero attached hydrogens (tertiary/aromatic N) is 2. The molecular weight excluding hydrogens is 232 g/mol. The Morgan fingerprint density at radius 1 is 1.67 bits per heavy atom. The van der Waals surface area contributed by atoms with Gasteiger partial charge >= 0.3 is 0 Å². The fraction of sp³-hybridized carbons (Fsp3) is 0.538. The smallest absolute Gasteiger partial charge is 0.254 e. The maximum atomic E-state index is 12.4. The molecule has 1 aliphatic rings. The Morgan fingerprint density at radius 2 is 2.44 bits per heavy atom. The lowest BCUT2D eigenvalue weighted by molar-refractivity contribution is -0.0667. The number of aliphatic hydroxyl groups is 1. The second-order valence-electron chi connectivity index (χ2n) is 4.63. The van der Waals surface area contributed by atoms with Gasteiger partial charge < -0.3 is 14.7 Å². The van der Waals surface area contributed by atoms with E-state index in [2.05, 4.69) is 4.98 Å². The minimum absolute atomic E-state index is 0.0220. The fourth-order valence-electron chi connectivity index (χ4n) is 2.06. The van der Waals surface area contributed by atoms with Gasteiger partial charge in [0.1, 0.15) is 0 Å². The predicted molar refractivity (Wildman–Crippen MR) is 66.3 cm³/mol. The number of aliphatic hydroxyl groups excluding tert-OH is 1. The van der Waals surface area contributed by atoms with E-state index >= 15 is 0 Å². The van der Waals surface area contributed by atoms with E-state index in [9.17, 15) is 4.79 Å². The first-order valence-electron chi connectivity index (χ1n) is 6.08. The molecule has 0 aromatic carbocycles. The van der Waals surface area contributed by atoms with Crippen LogP contribution in [0.2, 0.25) is 0 Å². The lowest BCUT2D eigenvalue weighted by Gasteiger charge is -2.37. The highest BCUT2D eigenvalue weighted by Crippen LogP contribution is 2.15. The molecule has 1 amide bonds. The summed E-state index contributed by atoms with van der Waals surface area (Å²) in [5.74, 6) is -0.0326. The Bertz CT molecular complexity index is 436. The van der Waals surface area contributed by atoms with Gasteiger partial charge in [0.2, 0.25) is 0 Å². The van der Waals surface area contributed by atoms with Gasteiger partial charge in [0.15, 0.2) is 0 Å². The van der Waals surface area contributed by atoms with Crippen LogP contribution in [0.3, 0.4) is 0 Å². The molecule has 2 unspecified atom stereocenters. The number of pyridine rings is 1. The van der Waals surface area contributed by atoms with Crippen molar-refractivity contribution in [3.05, 3.63) is 29.6 Å². The third kappa shape index (κ3) is 2.68. The van der Waals surface area contributed by atoms with E-state index in [1.807, 2.05) is 13.8 Å². The van der Waals surface area contributed by atoms with Gasteiger partial charge in [-0.3, -0.25) is 9.78 Å². The van der Waals surface area contributed by atoms with Gasteiger partial charge in [-0.1, -0.05) is 0 Å². The molecule has 0 spiro atoms. The van der Waals surface area contributed by atoms with Crippen molar-refractivity contribution in [2.24, 2.45) is 0 Å². The van der Waals surface area contributed by atoms with Crippen LogP contribution in [0.15, 0.2) is 18.3 Å². The molecule has 5 heteroatoms. The van der Waals surface area contributed by atoms with Crippen LogP contribution in [0.4, 0.5) is 0 Å².